The van der Waals surface area contributed by atoms with Crippen molar-refractivity contribution in [2.24, 2.45) is 5.73 Å². The van der Waals surface area contributed by atoms with Crippen LogP contribution in [0.2, 0.25) is 5.02 Å². The third kappa shape index (κ3) is 2.47. The van der Waals surface area contributed by atoms with Crippen LogP contribution in [-0.2, 0) is 5.54 Å². The van der Waals surface area contributed by atoms with Crippen molar-refractivity contribution in [1.82, 2.24) is 0 Å². The van der Waals surface area contributed by atoms with E-state index in [1.54, 1.807) is 20.3 Å². The van der Waals surface area contributed by atoms with Crippen molar-refractivity contribution in [3.8, 4) is 17.2 Å². The molecule has 1 aromatic rings. The maximum atomic E-state index is 10.3. The van der Waals surface area contributed by atoms with Crippen molar-refractivity contribution in [2.75, 3.05) is 14.2 Å². The minimum Gasteiger partial charge on any atom is -0.506 e. The number of phenols is 1. The molecule has 1 fully saturated rings. The first kappa shape index (κ1) is 14.3. The van der Waals surface area contributed by atoms with Gasteiger partial charge in [0.05, 0.1) is 24.8 Å². The molecule has 1 aromatic carbocycles. The molecule has 0 unspecified atom stereocenters. The van der Waals surface area contributed by atoms with Gasteiger partial charge in [0.15, 0.2) is 11.5 Å². The van der Waals surface area contributed by atoms with Crippen LogP contribution in [0.5, 0.6) is 17.2 Å². The smallest absolute Gasteiger partial charge is 0.169 e. The average molecular weight is 286 g/mol. The predicted octanol–water partition coefficient (Wildman–Crippen LogP) is 3.18. The summed E-state index contributed by atoms with van der Waals surface area (Å²) in [5.74, 6) is 0.980. The number of phenolic OH excluding ortho intramolecular Hbond substituents is 1. The van der Waals surface area contributed by atoms with Crippen molar-refractivity contribution in [1.29, 1.82) is 0 Å². The van der Waals surface area contributed by atoms with E-state index in [1.165, 1.54) is 6.42 Å². The third-order valence-electron chi connectivity index (χ3n) is 3.84. The second-order valence-electron chi connectivity index (χ2n) is 5.03. The van der Waals surface area contributed by atoms with E-state index in [9.17, 15) is 5.11 Å². The van der Waals surface area contributed by atoms with Gasteiger partial charge < -0.3 is 20.3 Å². The highest BCUT2D eigenvalue weighted by molar-refractivity contribution is 6.32. The monoisotopic (exact) mass is 285 g/mol. The summed E-state index contributed by atoms with van der Waals surface area (Å²) in [5, 5.41) is 10.5. The van der Waals surface area contributed by atoms with Gasteiger partial charge in [0.2, 0.25) is 0 Å². The summed E-state index contributed by atoms with van der Waals surface area (Å²) < 4.78 is 10.7. The van der Waals surface area contributed by atoms with Crippen LogP contribution in [0.15, 0.2) is 6.07 Å². The number of hydrogen-bond acceptors (Lipinski definition) is 4. The second kappa shape index (κ2) is 5.47. The SMILES string of the molecule is COc1cc(Cl)c(O)c(C2(N)CCCCC2)c1OC. The largest absolute Gasteiger partial charge is 0.506 e. The Balaban J connectivity index is 2.62. The fourth-order valence-corrected chi connectivity index (χ4v) is 3.04. The molecule has 4 nitrogen and oxygen atoms in total. The van der Waals surface area contributed by atoms with Crippen molar-refractivity contribution in [3.63, 3.8) is 0 Å². The van der Waals surface area contributed by atoms with E-state index in [-0.39, 0.29) is 10.8 Å². The van der Waals surface area contributed by atoms with Crippen molar-refractivity contribution in [2.45, 2.75) is 37.6 Å². The van der Waals surface area contributed by atoms with Crippen LogP contribution in [-0.4, -0.2) is 19.3 Å². The Morgan fingerprint density at radius 3 is 2.37 bits per heavy atom. The highest BCUT2D eigenvalue weighted by atomic mass is 35.5. The molecule has 1 aliphatic rings. The first-order valence-corrected chi connectivity index (χ1v) is 6.84. The first-order valence-electron chi connectivity index (χ1n) is 6.46. The Morgan fingerprint density at radius 1 is 1.21 bits per heavy atom. The van der Waals surface area contributed by atoms with Crippen LogP contribution in [0.4, 0.5) is 0 Å². The Hall–Kier alpha value is -1.13. The van der Waals surface area contributed by atoms with Crippen LogP contribution in [0.1, 0.15) is 37.7 Å². The van der Waals surface area contributed by atoms with Gasteiger partial charge >= 0.3 is 0 Å². The molecule has 0 aliphatic heterocycles. The summed E-state index contributed by atoms with van der Waals surface area (Å²) in [4.78, 5) is 0. The second-order valence-corrected chi connectivity index (χ2v) is 5.44. The van der Waals surface area contributed by atoms with Crippen LogP contribution >= 0.6 is 11.6 Å². The number of halogens is 1. The topological polar surface area (TPSA) is 64.7 Å². The van der Waals surface area contributed by atoms with E-state index in [0.29, 0.717) is 17.1 Å². The summed E-state index contributed by atoms with van der Waals surface area (Å²) >= 11 is 6.07. The predicted molar refractivity (Wildman–Crippen MR) is 75.2 cm³/mol. The normalized spacial score (nSPS) is 18.1. The van der Waals surface area contributed by atoms with E-state index in [0.717, 1.165) is 25.7 Å². The fraction of sp³-hybridized carbons (Fsp3) is 0.571. The lowest BCUT2D eigenvalue weighted by molar-refractivity contribution is 0.272. The Labute approximate surface area is 118 Å². The molecule has 0 atom stereocenters. The first-order chi connectivity index (χ1) is 9.03. The zero-order chi connectivity index (χ0) is 14.0. The summed E-state index contributed by atoms with van der Waals surface area (Å²) in [6, 6.07) is 1.55. The van der Waals surface area contributed by atoms with E-state index >= 15 is 0 Å². The molecule has 1 aliphatic carbocycles. The van der Waals surface area contributed by atoms with E-state index in [2.05, 4.69) is 0 Å². The standard InChI is InChI=1S/C14H20ClNO3/c1-18-10-8-9(15)12(17)11(13(10)19-2)14(16)6-4-3-5-7-14/h8,17H,3-7,16H2,1-2H3. The molecule has 0 radical (unpaired) electrons. The van der Waals surface area contributed by atoms with Gasteiger partial charge in [0.25, 0.3) is 0 Å². The van der Waals surface area contributed by atoms with Gasteiger partial charge in [-0.2, -0.15) is 0 Å². The lowest BCUT2D eigenvalue weighted by Gasteiger charge is -2.35. The minimum absolute atomic E-state index is 0.00344. The van der Waals surface area contributed by atoms with E-state index < -0.39 is 5.54 Å². The van der Waals surface area contributed by atoms with Gasteiger partial charge in [-0.05, 0) is 12.8 Å². The molecule has 0 bridgehead atoms. The lowest BCUT2D eigenvalue weighted by atomic mass is 9.76. The molecule has 1 saturated carbocycles. The number of methoxy groups -OCH3 is 2. The molecular formula is C14H20ClNO3. The van der Waals surface area contributed by atoms with Gasteiger partial charge in [-0.1, -0.05) is 30.9 Å². The number of benzene rings is 1. The molecule has 3 N–H and O–H groups in total. The minimum atomic E-state index is -0.605. The van der Waals surface area contributed by atoms with Gasteiger partial charge in [0.1, 0.15) is 5.75 Å². The fourth-order valence-electron chi connectivity index (χ4n) is 2.85. The molecule has 0 heterocycles. The van der Waals surface area contributed by atoms with Gasteiger partial charge in [-0.15, -0.1) is 0 Å². The Bertz CT molecular complexity index is 470. The number of aromatic hydroxyl groups is 1. The maximum Gasteiger partial charge on any atom is 0.169 e. The van der Waals surface area contributed by atoms with Crippen molar-refractivity contribution < 1.29 is 14.6 Å². The average Bonchev–Trinajstić information content (AvgIpc) is 2.41. The molecule has 0 amide bonds. The van der Waals surface area contributed by atoms with Crippen molar-refractivity contribution >= 4 is 11.6 Å². The van der Waals surface area contributed by atoms with E-state index in [1.807, 2.05) is 0 Å². The lowest BCUT2D eigenvalue weighted by Crippen LogP contribution is -2.39. The molecule has 19 heavy (non-hydrogen) atoms. The zero-order valence-corrected chi connectivity index (χ0v) is 12.1. The number of ether oxygens (including phenoxy) is 2. The van der Waals surface area contributed by atoms with Crippen LogP contribution < -0.4 is 15.2 Å². The van der Waals surface area contributed by atoms with E-state index in [4.69, 9.17) is 26.8 Å². The summed E-state index contributed by atoms with van der Waals surface area (Å²) in [7, 11) is 3.08. The number of rotatable bonds is 3. The highest BCUT2D eigenvalue weighted by Gasteiger charge is 2.37. The highest BCUT2D eigenvalue weighted by Crippen LogP contribution is 2.50. The van der Waals surface area contributed by atoms with Gasteiger partial charge in [-0.25, -0.2) is 0 Å². The van der Waals surface area contributed by atoms with Gasteiger partial charge in [-0.3, -0.25) is 0 Å². The molecule has 0 spiro atoms. The molecule has 0 aromatic heterocycles. The molecular weight excluding hydrogens is 266 g/mol. The number of hydrogen-bond donors (Lipinski definition) is 2. The zero-order valence-electron chi connectivity index (χ0n) is 11.3. The Morgan fingerprint density at radius 2 is 1.84 bits per heavy atom. The summed E-state index contributed by atoms with van der Waals surface area (Å²) in [5.41, 5.74) is 6.46. The molecule has 5 heteroatoms. The number of nitrogens with two attached hydrogens (primary N) is 1. The van der Waals surface area contributed by atoms with Crippen LogP contribution in [0.25, 0.3) is 0 Å². The Kier molecular flexibility index (Phi) is 4.11. The quantitative estimate of drug-likeness (QED) is 0.895. The molecule has 106 valence electrons. The van der Waals surface area contributed by atoms with Crippen LogP contribution in [0.3, 0.4) is 0 Å². The summed E-state index contributed by atoms with van der Waals surface area (Å²) in [6.07, 6.45) is 4.85. The summed E-state index contributed by atoms with van der Waals surface area (Å²) in [6.45, 7) is 0. The molecule has 0 saturated heterocycles. The third-order valence-corrected chi connectivity index (χ3v) is 4.13. The maximum absolute atomic E-state index is 10.3. The van der Waals surface area contributed by atoms with Gasteiger partial charge in [0, 0.05) is 11.6 Å². The molecule has 2 rings (SSSR count). The van der Waals surface area contributed by atoms with Crippen LogP contribution in [0, 0.1) is 0 Å². The van der Waals surface area contributed by atoms with Crippen molar-refractivity contribution in [3.05, 3.63) is 16.7 Å².